The minimum absolute atomic E-state index is 0.260. The van der Waals surface area contributed by atoms with Crippen LogP contribution < -0.4 is 20.7 Å². The Balaban J connectivity index is 1.27. The van der Waals surface area contributed by atoms with Gasteiger partial charge >= 0.3 is 0 Å². The number of hydrogen-bond donors (Lipinski definition) is 3. The maximum absolute atomic E-state index is 13.0. The Morgan fingerprint density at radius 2 is 1.72 bits per heavy atom. The molecule has 5 rings (SSSR count). The lowest BCUT2D eigenvalue weighted by Gasteiger charge is -2.11. The van der Waals surface area contributed by atoms with Crippen LogP contribution in [0.25, 0.3) is 16.7 Å². The molecule has 3 aromatic carbocycles. The van der Waals surface area contributed by atoms with E-state index in [9.17, 15) is 9.59 Å². The summed E-state index contributed by atoms with van der Waals surface area (Å²) in [6.45, 7) is 2.67. The lowest BCUT2D eigenvalue weighted by atomic mass is 10.1. The summed E-state index contributed by atoms with van der Waals surface area (Å²) in [4.78, 5) is 36.3. The molecule has 0 unspecified atom stereocenters. The van der Waals surface area contributed by atoms with Crippen molar-refractivity contribution in [2.24, 2.45) is 0 Å². The van der Waals surface area contributed by atoms with Crippen LogP contribution in [0.15, 0.2) is 97.3 Å². The Hall–Kier alpha value is -5.48. The Morgan fingerprint density at radius 1 is 0.953 bits per heavy atom. The molecule has 218 valence electrons. The second-order valence-electron chi connectivity index (χ2n) is 10.2. The smallest absolute Gasteiger partial charge is 0.255 e. The molecule has 0 fully saturated rings. The molecule has 0 atom stereocenters. The number of benzene rings is 3. The maximum atomic E-state index is 13.0. The van der Waals surface area contributed by atoms with E-state index < -0.39 is 0 Å². The van der Waals surface area contributed by atoms with Crippen LogP contribution in [0, 0.1) is 6.92 Å². The van der Waals surface area contributed by atoms with Gasteiger partial charge in [0.05, 0.1) is 12.6 Å². The van der Waals surface area contributed by atoms with Gasteiger partial charge in [-0.2, -0.15) is 4.98 Å². The third-order valence-corrected chi connectivity index (χ3v) is 6.60. The third kappa shape index (κ3) is 7.24. The molecule has 3 N–H and O–H groups in total. The van der Waals surface area contributed by atoms with Crippen LogP contribution >= 0.6 is 0 Å². The van der Waals surface area contributed by atoms with Crippen molar-refractivity contribution in [2.45, 2.75) is 6.92 Å². The lowest BCUT2D eigenvalue weighted by molar-refractivity contribution is -0.111. The van der Waals surface area contributed by atoms with Crippen molar-refractivity contribution in [1.82, 2.24) is 19.4 Å². The van der Waals surface area contributed by atoms with Gasteiger partial charge in [0.1, 0.15) is 11.6 Å². The molecule has 2 aromatic heterocycles. The van der Waals surface area contributed by atoms with Crippen molar-refractivity contribution in [3.63, 3.8) is 0 Å². The number of aryl methyl sites for hydroxylation is 1. The van der Waals surface area contributed by atoms with E-state index in [1.165, 1.54) is 6.08 Å². The number of carbonyl (C=O) groups excluding carboxylic acids is 2. The second kappa shape index (κ2) is 13.0. The molecule has 0 bridgehead atoms. The normalized spacial score (nSPS) is 11.2. The van der Waals surface area contributed by atoms with Crippen LogP contribution in [0.4, 0.5) is 23.0 Å². The average Bonchev–Trinajstić information content (AvgIpc) is 3.39. The van der Waals surface area contributed by atoms with E-state index in [1.807, 2.05) is 67.0 Å². The molecule has 43 heavy (non-hydrogen) atoms. The van der Waals surface area contributed by atoms with E-state index in [0.29, 0.717) is 40.9 Å². The molecule has 0 aliphatic heterocycles. The number of fused-ring (bicyclic) bond motifs is 1. The summed E-state index contributed by atoms with van der Waals surface area (Å²) in [5, 5.41) is 10.0. The molecule has 10 nitrogen and oxygen atoms in total. The molecule has 0 aliphatic rings. The summed E-state index contributed by atoms with van der Waals surface area (Å²) >= 11 is 0. The van der Waals surface area contributed by atoms with Crippen LogP contribution in [-0.4, -0.2) is 59.0 Å². The van der Waals surface area contributed by atoms with Gasteiger partial charge in [0.2, 0.25) is 11.9 Å². The Bertz CT molecular complexity index is 1810. The molecule has 2 heterocycles. The van der Waals surface area contributed by atoms with Gasteiger partial charge in [0, 0.05) is 59.1 Å². The number of amides is 2. The molecule has 0 saturated heterocycles. The minimum Gasteiger partial charge on any atom is -0.496 e. The van der Waals surface area contributed by atoms with E-state index in [0.717, 1.165) is 22.2 Å². The van der Waals surface area contributed by atoms with E-state index in [2.05, 4.69) is 27.0 Å². The lowest BCUT2D eigenvalue weighted by Crippen LogP contribution is -2.14. The number of nitrogens with zero attached hydrogens (tertiary/aromatic N) is 4. The second-order valence-corrected chi connectivity index (χ2v) is 10.2. The van der Waals surface area contributed by atoms with Crippen LogP contribution in [0.2, 0.25) is 0 Å². The summed E-state index contributed by atoms with van der Waals surface area (Å²) in [7, 11) is 5.51. The number of hydrogen-bond acceptors (Lipinski definition) is 7. The average molecular weight is 576 g/mol. The van der Waals surface area contributed by atoms with Gasteiger partial charge in [-0.15, -0.1) is 0 Å². The molecule has 0 saturated carbocycles. The first kappa shape index (κ1) is 29.0. The van der Waals surface area contributed by atoms with Crippen LogP contribution in [0.1, 0.15) is 15.9 Å². The number of rotatable bonds is 10. The summed E-state index contributed by atoms with van der Waals surface area (Å²) < 4.78 is 7.50. The van der Waals surface area contributed by atoms with Crippen molar-refractivity contribution >= 4 is 45.7 Å². The summed E-state index contributed by atoms with van der Waals surface area (Å²) in [5.74, 6) is 1.35. The predicted octanol–water partition coefficient (Wildman–Crippen LogP) is 5.79. The highest BCUT2D eigenvalue weighted by Crippen LogP contribution is 2.28. The van der Waals surface area contributed by atoms with Gasteiger partial charge in [0.25, 0.3) is 5.91 Å². The van der Waals surface area contributed by atoms with E-state index >= 15 is 0 Å². The highest BCUT2D eigenvalue weighted by atomic mass is 16.5. The summed E-state index contributed by atoms with van der Waals surface area (Å²) in [5.41, 5.74) is 4.27. The highest BCUT2D eigenvalue weighted by Gasteiger charge is 2.11. The zero-order chi connectivity index (χ0) is 30.3. The van der Waals surface area contributed by atoms with Gasteiger partial charge in [-0.1, -0.05) is 18.2 Å². The van der Waals surface area contributed by atoms with Crippen molar-refractivity contribution < 1.29 is 14.3 Å². The molecule has 10 heteroatoms. The fourth-order valence-electron chi connectivity index (χ4n) is 4.54. The topological polar surface area (TPSA) is 113 Å². The molecule has 2 amide bonds. The predicted molar refractivity (Wildman–Crippen MR) is 171 cm³/mol. The number of aromatic nitrogens is 3. The van der Waals surface area contributed by atoms with Crippen LogP contribution in [-0.2, 0) is 4.79 Å². The van der Waals surface area contributed by atoms with Crippen LogP contribution in [0.5, 0.6) is 5.75 Å². The van der Waals surface area contributed by atoms with E-state index in [1.54, 1.807) is 55.8 Å². The van der Waals surface area contributed by atoms with E-state index in [-0.39, 0.29) is 11.8 Å². The Kier molecular flexibility index (Phi) is 8.78. The maximum Gasteiger partial charge on any atom is 0.255 e. The number of likely N-dealkylation sites (N-methyl/N-ethyl adjacent to an activating group) is 1. The Morgan fingerprint density at radius 3 is 2.51 bits per heavy atom. The van der Waals surface area contributed by atoms with Crippen molar-refractivity contribution in [2.75, 3.05) is 43.7 Å². The minimum atomic E-state index is -0.306. The molecule has 0 spiro atoms. The van der Waals surface area contributed by atoms with Gasteiger partial charge in [-0.25, -0.2) is 4.98 Å². The third-order valence-electron chi connectivity index (χ3n) is 6.60. The zero-order valence-corrected chi connectivity index (χ0v) is 24.5. The fourth-order valence-corrected chi connectivity index (χ4v) is 4.54. The van der Waals surface area contributed by atoms with Gasteiger partial charge in [-0.05, 0) is 81.2 Å². The SMILES string of the molecule is COc1cc2c(ccn2-c2ccnc(Nc3cccc(NC(=O)c4cccc(NC(=O)/C=C/CN(C)C)c4)c3)n2)cc1C. The zero-order valence-electron chi connectivity index (χ0n) is 24.5. The molecule has 5 aromatic rings. The molecule has 0 radical (unpaired) electrons. The molecular weight excluding hydrogens is 542 g/mol. The first-order valence-corrected chi connectivity index (χ1v) is 13.7. The largest absolute Gasteiger partial charge is 0.496 e. The molecule has 0 aliphatic carbocycles. The fraction of sp³-hybridized carbons (Fsp3) is 0.152. The van der Waals surface area contributed by atoms with Gasteiger partial charge < -0.3 is 30.2 Å². The highest BCUT2D eigenvalue weighted by molar-refractivity contribution is 6.06. The Labute approximate surface area is 250 Å². The van der Waals surface area contributed by atoms with Gasteiger partial charge in [-0.3, -0.25) is 9.59 Å². The van der Waals surface area contributed by atoms with Crippen molar-refractivity contribution in [3.05, 3.63) is 108 Å². The van der Waals surface area contributed by atoms with Crippen LogP contribution in [0.3, 0.4) is 0 Å². The summed E-state index contributed by atoms with van der Waals surface area (Å²) in [6.07, 6.45) is 6.91. The number of carbonyl (C=O) groups is 2. The standard InChI is InChI=1S/C33H33N7O3/c1-22-18-23-14-17-40(28(23)21-29(22)43-4)30-13-15-34-33(38-30)37-27-11-6-10-26(20-27)36-32(42)24-8-5-9-25(19-24)35-31(41)12-7-16-39(2)3/h5-15,17-21H,16H2,1-4H3,(H,35,41)(H,36,42)(H,34,37,38)/b12-7+. The van der Waals surface area contributed by atoms with Gasteiger partial charge in [0.15, 0.2) is 0 Å². The monoisotopic (exact) mass is 575 g/mol. The first-order valence-electron chi connectivity index (χ1n) is 13.7. The number of methoxy groups -OCH3 is 1. The quantitative estimate of drug-likeness (QED) is 0.181. The number of ether oxygens (including phenoxy) is 1. The van der Waals surface area contributed by atoms with Crippen molar-refractivity contribution in [1.29, 1.82) is 0 Å². The first-order chi connectivity index (χ1) is 20.8. The number of nitrogens with one attached hydrogen (secondary N) is 3. The van der Waals surface area contributed by atoms with E-state index in [4.69, 9.17) is 9.72 Å². The number of anilines is 4. The molecular formula is C33H33N7O3. The summed E-state index contributed by atoms with van der Waals surface area (Å²) in [6, 6.07) is 22.0. The van der Waals surface area contributed by atoms with Crippen molar-refractivity contribution in [3.8, 4) is 11.6 Å².